The molecule has 220 valence electrons. The highest BCUT2D eigenvalue weighted by atomic mass is 15.1. The van der Waals surface area contributed by atoms with Gasteiger partial charge in [-0.3, -0.25) is 0 Å². The molecule has 0 N–H and O–H groups in total. The average molecular weight is 602 g/mol. The minimum atomic E-state index is 0.289. The molecule has 5 aromatic carbocycles. The maximum atomic E-state index is 10.7. The SMILES string of the molecule is C#Cc1ccc(-c2nc(-c3ccc(C#N)cc3)c(C#N)c(-c3c(C)cc(N(c4ccccc4)c4ccccc4)cc3C)c2C#N)cc1. The van der Waals surface area contributed by atoms with Crippen molar-refractivity contribution in [1.82, 2.24) is 4.98 Å². The summed E-state index contributed by atoms with van der Waals surface area (Å²) in [6.07, 6.45) is 5.62. The fourth-order valence-electron chi connectivity index (χ4n) is 5.96. The Labute approximate surface area is 274 Å². The molecule has 6 rings (SSSR count). The summed E-state index contributed by atoms with van der Waals surface area (Å²) < 4.78 is 0. The van der Waals surface area contributed by atoms with E-state index in [9.17, 15) is 15.8 Å². The summed E-state index contributed by atoms with van der Waals surface area (Å²) in [5, 5.41) is 30.8. The molecular weight excluding hydrogens is 574 g/mol. The molecule has 5 nitrogen and oxygen atoms in total. The van der Waals surface area contributed by atoms with Crippen LogP contribution in [0.3, 0.4) is 0 Å². The molecular formula is C42H27N5. The molecule has 0 bridgehead atoms. The van der Waals surface area contributed by atoms with Gasteiger partial charge in [-0.05, 0) is 91.2 Å². The molecule has 0 atom stereocenters. The van der Waals surface area contributed by atoms with Gasteiger partial charge in [0.25, 0.3) is 0 Å². The van der Waals surface area contributed by atoms with Gasteiger partial charge in [-0.15, -0.1) is 6.42 Å². The van der Waals surface area contributed by atoms with Crippen LogP contribution < -0.4 is 4.90 Å². The van der Waals surface area contributed by atoms with E-state index in [1.807, 2.05) is 74.5 Å². The van der Waals surface area contributed by atoms with Crippen LogP contribution in [0.5, 0.6) is 0 Å². The molecule has 5 heteroatoms. The Hall–Kier alpha value is -6.92. The Morgan fingerprint density at radius 3 is 1.38 bits per heavy atom. The van der Waals surface area contributed by atoms with Gasteiger partial charge in [0.05, 0.1) is 34.1 Å². The number of hydrogen-bond acceptors (Lipinski definition) is 5. The summed E-state index contributed by atoms with van der Waals surface area (Å²) in [5.74, 6) is 2.63. The summed E-state index contributed by atoms with van der Waals surface area (Å²) in [4.78, 5) is 7.14. The number of nitrogens with zero attached hydrogens (tertiary/aromatic N) is 5. The van der Waals surface area contributed by atoms with Gasteiger partial charge in [0.1, 0.15) is 12.1 Å². The fourth-order valence-corrected chi connectivity index (χ4v) is 5.96. The van der Waals surface area contributed by atoms with Crippen LogP contribution >= 0.6 is 0 Å². The highest BCUT2D eigenvalue weighted by molar-refractivity contribution is 5.92. The van der Waals surface area contributed by atoms with E-state index in [0.29, 0.717) is 44.8 Å². The molecule has 0 aliphatic carbocycles. The number of aromatic nitrogens is 1. The number of para-hydroxylation sites is 2. The van der Waals surface area contributed by atoms with Crippen molar-refractivity contribution in [2.24, 2.45) is 0 Å². The van der Waals surface area contributed by atoms with Gasteiger partial charge in [-0.2, -0.15) is 15.8 Å². The molecule has 0 unspecified atom stereocenters. The molecule has 0 amide bonds. The Morgan fingerprint density at radius 1 is 0.532 bits per heavy atom. The van der Waals surface area contributed by atoms with Crippen LogP contribution in [-0.2, 0) is 0 Å². The van der Waals surface area contributed by atoms with Crippen LogP contribution in [-0.4, -0.2) is 4.98 Å². The molecule has 0 saturated carbocycles. The molecule has 0 aliphatic heterocycles. The quantitative estimate of drug-likeness (QED) is 0.177. The minimum absolute atomic E-state index is 0.289. The van der Waals surface area contributed by atoms with Crippen LogP contribution in [0.1, 0.15) is 33.4 Å². The van der Waals surface area contributed by atoms with Crippen molar-refractivity contribution in [2.75, 3.05) is 4.90 Å². The number of nitriles is 3. The smallest absolute Gasteiger partial charge is 0.102 e. The minimum Gasteiger partial charge on any atom is -0.310 e. The predicted octanol–water partition coefficient (Wildman–Crippen LogP) is 9.77. The molecule has 0 aliphatic rings. The zero-order valence-electron chi connectivity index (χ0n) is 25.9. The Balaban J connectivity index is 1.64. The second kappa shape index (κ2) is 13.0. The van der Waals surface area contributed by atoms with Crippen molar-refractivity contribution < 1.29 is 0 Å². The van der Waals surface area contributed by atoms with Gasteiger partial charge < -0.3 is 4.90 Å². The lowest BCUT2D eigenvalue weighted by atomic mass is 9.85. The summed E-state index contributed by atoms with van der Waals surface area (Å²) in [6, 6.07) is 45.7. The monoisotopic (exact) mass is 601 g/mol. The third-order valence-corrected chi connectivity index (χ3v) is 8.09. The number of rotatable bonds is 6. The number of terminal acetylenes is 1. The Kier molecular flexibility index (Phi) is 8.32. The van der Waals surface area contributed by atoms with Crippen molar-refractivity contribution in [2.45, 2.75) is 13.8 Å². The Morgan fingerprint density at radius 2 is 0.979 bits per heavy atom. The highest BCUT2D eigenvalue weighted by Gasteiger charge is 2.26. The molecule has 0 fully saturated rings. The van der Waals surface area contributed by atoms with Crippen LogP contribution in [0.25, 0.3) is 33.6 Å². The first-order valence-electron chi connectivity index (χ1n) is 14.9. The third kappa shape index (κ3) is 5.70. The molecule has 0 radical (unpaired) electrons. The van der Waals surface area contributed by atoms with Gasteiger partial charge in [0, 0.05) is 39.3 Å². The summed E-state index contributed by atoms with van der Waals surface area (Å²) >= 11 is 0. The number of hydrogen-bond donors (Lipinski definition) is 0. The number of aryl methyl sites for hydroxylation is 2. The summed E-state index contributed by atoms with van der Waals surface area (Å²) in [6.45, 7) is 4.01. The van der Waals surface area contributed by atoms with Gasteiger partial charge in [0.15, 0.2) is 0 Å². The molecule has 0 spiro atoms. The first-order chi connectivity index (χ1) is 23.0. The predicted molar refractivity (Wildman–Crippen MR) is 187 cm³/mol. The topological polar surface area (TPSA) is 87.5 Å². The lowest BCUT2D eigenvalue weighted by molar-refractivity contribution is 1.24. The van der Waals surface area contributed by atoms with E-state index >= 15 is 0 Å². The van der Waals surface area contributed by atoms with Crippen LogP contribution in [0, 0.1) is 60.2 Å². The van der Waals surface area contributed by atoms with Gasteiger partial charge in [-0.1, -0.05) is 66.6 Å². The zero-order chi connectivity index (χ0) is 32.9. The van der Waals surface area contributed by atoms with Crippen molar-refractivity contribution >= 4 is 17.1 Å². The van der Waals surface area contributed by atoms with Crippen LogP contribution in [0.2, 0.25) is 0 Å². The van der Waals surface area contributed by atoms with E-state index in [4.69, 9.17) is 11.4 Å². The van der Waals surface area contributed by atoms with Gasteiger partial charge in [0.2, 0.25) is 0 Å². The molecule has 0 saturated heterocycles. The van der Waals surface area contributed by atoms with E-state index in [0.717, 1.165) is 33.8 Å². The third-order valence-electron chi connectivity index (χ3n) is 8.09. The molecule has 47 heavy (non-hydrogen) atoms. The van der Waals surface area contributed by atoms with E-state index in [1.165, 1.54) is 0 Å². The van der Waals surface area contributed by atoms with Crippen molar-refractivity contribution in [1.29, 1.82) is 15.8 Å². The normalized spacial score (nSPS) is 10.3. The molecule has 1 heterocycles. The fraction of sp³-hybridized carbons (Fsp3) is 0.0476. The largest absolute Gasteiger partial charge is 0.310 e. The van der Waals surface area contributed by atoms with Crippen molar-refractivity contribution in [3.05, 3.63) is 155 Å². The standard InChI is InChI=1S/C42H27N5/c1-4-30-15-19-32(20-16-30)41-37(26-44)40(38(27-45)42(46-41)33-21-17-31(25-43)18-22-33)39-28(2)23-36(24-29(39)3)47(34-11-7-5-8-12-34)35-13-9-6-10-14-35/h1,5-24H,2-3H3. The summed E-state index contributed by atoms with van der Waals surface area (Å²) in [7, 11) is 0. The lowest BCUT2D eigenvalue weighted by Crippen LogP contribution is -2.11. The van der Waals surface area contributed by atoms with Crippen molar-refractivity contribution in [3.63, 3.8) is 0 Å². The van der Waals surface area contributed by atoms with Crippen LogP contribution in [0.15, 0.2) is 121 Å². The van der Waals surface area contributed by atoms with Gasteiger partial charge >= 0.3 is 0 Å². The zero-order valence-corrected chi connectivity index (χ0v) is 25.9. The Bertz CT molecular complexity index is 2120. The second-order valence-corrected chi connectivity index (χ2v) is 11.0. The highest BCUT2D eigenvalue weighted by Crippen LogP contribution is 2.44. The van der Waals surface area contributed by atoms with Gasteiger partial charge in [-0.25, -0.2) is 4.98 Å². The van der Waals surface area contributed by atoms with E-state index in [1.54, 1.807) is 24.3 Å². The molecule has 6 aromatic rings. The van der Waals surface area contributed by atoms with E-state index in [-0.39, 0.29) is 5.56 Å². The lowest BCUT2D eigenvalue weighted by Gasteiger charge is -2.27. The first kappa shape index (κ1) is 30.1. The van der Waals surface area contributed by atoms with Crippen molar-refractivity contribution in [3.8, 4) is 64.2 Å². The number of pyridine rings is 1. The summed E-state index contributed by atoms with van der Waals surface area (Å²) in [5.41, 5.74) is 10.1. The maximum Gasteiger partial charge on any atom is 0.102 e. The first-order valence-corrected chi connectivity index (χ1v) is 14.9. The van der Waals surface area contributed by atoms with E-state index in [2.05, 4.69) is 65.4 Å². The average Bonchev–Trinajstić information content (AvgIpc) is 3.12. The number of anilines is 3. The second-order valence-electron chi connectivity index (χ2n) is 11.0. The van der Waals surface area contributed by atoms with Crippen LogP contribution in [0.4, 0.5) is 17.1 Å². The molecule has 1 aromatic heterocycles. The maximum absolute atomic E-state index is 10.7. The number of benzene rings is 5. The van der Waals surface area contributed by atoms with E-state index < -0.39 is 0 Å².